The summed E-state index contributed by atoms with van der Waals surface area (Å²) in [5, 5.41) is 7.76. The second-order valence-corrected chi connectivity index (χ2v) is 12.3. The lowest BCUT2D eigenvalue weighted by molar-refractivity contribution is -0.192. The zero-order chi connectivity index (χ0) is 33.3. The number of alkyl halides is 6. The van der Waals surface area contributed by atoms with Crippen molar-refractivity contribution in [3.05, 3.63) is 58.1 Å². The minimum Gasteiger partial charge on any atom is -0.487 e. The molecule has 8 nitrogen and oxygen atoms in total. The molecule has 1 atom stereocenters. The largest absolute Gasteiger partial charge is 0.487 e. The number of halogens is 7. The highest BCUT2D eigenvalue weighted by molar-refractivity contribution is 6.34. The first-order chi connectivity index (χ1) is 21.7. The van der Waals surface area contributed by atoms with Gasteiger partial charge in [-0.05, 0) is 74.4 Å². The molecular weight excluding hydrogens is 644 g/mol. The van der Waals surface area contributed by atoms with E-state index in [0.717, 1.165) is 0 Å². The molecule has 0 bridgehead atoms. The van der Waals surface area contributed by atoms with Crippen LogP contribution < -0.4 is 20.7 Å². The van der Waals surface area contributed by atoms with Gasteiger partial charge in [0.2, 0.25) is 5.91 Å². The molecule has 46 heavy (non-hydrogen) atoms. The van der Waals surface area contributed by atoms with Crippen molar-refractivity contribution in [2.45, 2.75) is 76.0 Å². The average Bonchev–Trinajstić information content (AvgIpc) is 3.68. The van der Waals surface area contributed by atoms with Gasteiger partial charge in [0.25, 0.3) is 11.8 Å². The van der Waals surface area contributed by atoms with E-state index in [1.54, 1.807) is 0 Å². The molecule has 3 amide bonds. The standard InChI is InChI=1S/C31H32ClF6N3O5/c32-24-7-1-17(15-39-28(44)29(10-11-29)31(36,37)38)13-22(24)26(42)41-20-6-8-25(46-21-9-12-45-16-21)23(14-20)27(43)40-19-4-2-18(3-5-19)30(33,34)35/h1,6-8,13-14,18-19,21H,2-5,9-12,15-16H2,(H,39,44)(H,40,43)(H,41,42)/t18-,19-,21?. The van der Waals surface area contributed by atoms with E-state index in [0.29, 0.717) is 25.2 Å². The zero-order valence-electron chi connectivity index (χ0n) is 24.5. The smallest absolute Gasteiger partial charge is 0.403 e. The monoisotopic (exact) mass is 675 g/mol. The van der Waals surface area contributed by atoms with Crippen LogP contribution in [-0.4, -0.2) is 55.4 Å². The van der Waals surface area contributed by atoms with Crippen molar-refractivity contribution in [1.82, 2.24) is 10.6 Å². The van der Waals surface area contributed by atoms with Gasteiger partial charge in [0.15, 0.2) is 0 Å². The van der Waals surface area contributed by atoms with Crippen LogP contribution in [0.3, 0.4) is 0 Å². The van der Waals surface area contributed by atoms with Crippen LogP contribution in [0.25, 0.3) is 0 Å². The normalized spacial score (nSPS) is 22.5. The van der Waals surface area contributed by atoms with Crippen LogP contribution >= 0.6 is 11.6 Å². The summed E-state index contributed by atoms with van der Waals surface area (Å²) in [5.41, 5.74) is -1.83. The molecule has 2 saturated carbocycles. The molecule has 3 N–H and O–H groups in total. The van der Waals surface area contributed by atoms with Gasteiger partial charge in [0, 0.05) is 24.7 Å². The van der Waals surface area contributed by atoms with Crippen LogP contribution in [0.4, 0.5) is 32.0 Å². The lowest BCUT2D eigenvalue weighted by Crippen LogP contribution is -2.40. The topological polar surface area (TPSA) is 106 Å². The molecule has 1 saturated heterocycles. The predicted molar refractivity (Wildman–Crippen MR) is 155 cm³/mol. The Morgan fingerprint density at radius 3 is 2.24 bits per heavy atom. The molecule has 3 fully saturated rings. The number of rotatable bonds is 9. The van der Waals surface area contributed by atoms with Crippen LogP contribution in [0.2, 0.25) is 5.02 Å². The third kappa shape index (κ3) is 7.71. The number of amides is 3. The Kier molecular flexibility index (Phi) is 9.78. The Morgan fingerprint density at radius 2 is 1.63 bits per heavy atom. The fraction of sp³-hybridized carbons (Fsp3) is 0.516. The predicted octanol–water partition coefficient (Wildman–Crippen LogP) is 6.57. The molecule has 2 aromatic carbocycles. The van der Waals surface area contributed by atoms with E-state index in [4.69, 9.17) is 21.1 Å². The number of hydrogen-bond donors (Lipinski definition) is 3. The number of hydrogen-bond acceptors (Lipinski definition) is 5. The van der Waals surface area contributed by atoms with E-state index in [-0.39, 0.29) is 78.8 Å². The first kappa shape index (κ1) is 33.8. The van der Waals surface area contributed by atoms with Crippen molar-refractivity contribution in [2.75, 3.05) is 18.5 Å². The van der Waals surface area contributed by atoms with Gasteiger partial charge < -0.3 is 25.4 Å². The molecule has 1 unspecified atom stereocenters. The van der Waals surface area contributed by atoms with Crippen LogP contribution in [-0.2, 0) is 16.1 Å². The van der Waals surface area contributed by atoms with Gasteiger partial charge >= 0.3 is 12.4 Å². The fourth-order valence-corrected chi connectivity index (χ4v) is 5.88. The first-order valence-corrected chi connectivity index (χ1v) is 15.2. The van der Waals surface area contributed by atoms with Crippen LogP contribution in [0.15, 0.2) is 36.4 Å². The third-order valence-electron chi connectivity index (χ3n) is 8.64. The van der Waals surface area contributed by atoms with E-state index >= 15 is 0 Å². The van der Waals surface area contributed by atoms with Crippen molar-refractivity contribution in [3.8, 4) is 5.75 Å². The Labute approximate surface area is 265 Å². The molecule has 2 aliphatic carbocycles. The third-order valence-corrected chi connectivity index (χ3v) is 8.97. The van der Waals surface area contributed by atoms with Gasteiger partial charge in [0.05, 0.1) is 35.3 Å². The number of benzene rings is 2. The summed E-state index contributed by atoms with van der Waals surface area (Å²) >= 11 is 6.25. The molecule has 2 aromatic rings. The minimum absolute atomic E-state index is 0.0266. The molecule has 0 aromatic heterocycles. The number of nitrogens with one attached hydrogen (secondary N) is 3. The van der Waals surface area contributed by atoms with E-state index < -0.39 is 47.4 Å². The summed E-state index contributed by atoms with van der Waals surface area (Å²) in [6.45, 7) is 0.531. The van der Waals surface area contributed by atoms with Gasteiger partial charge in [-0.2, -0.15) is 26.3 Å². The van der Waals surface area contributed by atoms with Gasteiger partial charge in [-0.15, -0.1) is 0 Å². The van der Waals surface area contributed by atoms with Crippen LogP contribution in [0.5, 0.6) is 5.75 Å². The highest BCUT2D eigenvalue weighted by atomic mass is 35.5. The van der Waals surface area contributed by atoms with Crippen molar-refractivity contribution in [1.29, 1.82) is 0 Å². The average molecular weight is 676 g/mol. The van der Waals surface area contributed by atoms with Crippen molar-refractivity contribution >= 4 is 35.0 Å². The Bertz CT molecular complexity index is 1470. The van der Waals surface area contributed by atoms with Gasteiger partial charge in [-0.1, -0.05) is 17.7 Å². The van der Waals surface area contributed by atoms with Crippen molar-refractivity contribution in [2.24, 2.45) is 11.3 Å². The maximum absolute atomic E-state index is 13.4. The molecule has 1 heterocycles. The van der Waals surface area contributed by atoms with E-state index in [9.17, 15) is 40.7 Å². The summed E-state index contributed by atoms with van der Waals surface area (Å²) in [4.78, 5) is 38.8. The number of ether oxygens (including phenoxy) is 2. The van der Waals surface area contributed by atoms with Gasteiger partial charge in [-0.25, -0.2) is 0 Å². The molecule has 250 valence electrons. The quantitative estimate of drug-likeness (QED) is 0.261. The molecule has 1 aliphatic heterocycles. The van der Waals surface area contributed by atoms with Gasteiger partial charge in [-0.3, -0.25) is 14.4 Å². The van der Waals surface area contributed by atoms with Crippen LogP contribution in [0, 0.1) is 11.3 Å². The molecule has 5 rings (SSSR count). The lowest BCUT2D eigenvalue weighted by Gasteiger charge is -2.30. The summed E-state index contributed by atoms with van der Waals surface area (Å²) in [5.74, 6) is -3.60. The van der Waals surface area contributed by atoms with E-state index in [2.05, 4.69) is 16.0 Å². The molecule has 15 heteroatoms. The number of anilines is 1. The summed E-state index contributed by atoms with van der Waals surface area (Å²) < 4.78 is 90.4. The van der Waals surface area contributed by atoms with Crippen molar-refractivity contribution in [3.63, 3.8) is 0 Å². The van der Waals surface area contributed by atoms with E-state index in [1.165, 1.54) is 36.4 Å². The second kappa shape index (κ2) is 13.3. The summed E-state index contributed by atoms with van der Waals surface area (Å²) in [7, 11) is 0. The fourth-order valence-electron chi connectivity index (χ4n) is 5.67. The van der Waals surface area contributed by atoms with Crippen molar-refractivity contribution < 1.29 is 50.2 Å². The molecule has 3 aliphatic rings. The SMILES string of the molecule is O=C(Nc1ccc(OC2CCOC2)c(C(=O)N[C@H]2CC[C@H](C(F)(F)F)CC2)c1)c1cc(CNC(=O)C2(C(F)(F)F)CC2)ccc1Cl. The lowest BCUT2D eigenvalue weighted by atomic mass is 9.85. The Hall–Kier alpha value is -3.52. The first-order valence-electron chi connectivity index (χ1n) is 14.9. The minimum atomic E-state index is -4.66. The molecular formula is C31H32ClF6N3O5. The molecule has 0 spiro atoms. The second-order valence-electron chi connectivity index (χ2n) is 11.9. The Balaban J connectivity index is 1.28. The van der Waals surface area contributed by atoms with E-state index in [1.807, 2.05) is 0 Å². The van der Waals surface area contributed by atoms with Gasteiger partial charge in [0.1, 0.15) is 17.3 Å². The zero-order valence-corrected chi connectivity index (χ0v) is 25.2. The maximum atomic E-state index is 13.4. The Morgan fingerprint density at radius 1 is 0.913 bits per heavy atom. The highest BCUT2D eigenvalue weighted by Gasteiger charge is 2.68. The summed E-state index contributed by atoms with van der Waals surface area (Å²) in [6.07, 6.45) is -9.11. The summed E-state index contributed by atoms with van der Waals surface area (Å²) in [6, 6.07) is 8.08. The number of carbonyl (C=O) groups excluding carboxylic acids is 3. The van der Waals surface area contributed by atoms with Crippen LogP contribution in [0.1, 0.15) is 71.2 Å². The maximum Gasteiger partial charge on any atom is 0.403 e. The highest BCUT2D eigenvalue weighted by Crippen LogP contribution is 2.57. The number of carbonyl (C=O) groups is 3. The molecule has 0 radical (unpaired) electrons.